The Morgan fingerprint density at radius 2 is 1.83 bits per heavy atom. The topological polar surface area (TPSA) is 26.3 Å². The zero-order chi connectivity index (χ0) is 21.4. The molecule has 30 heavy (non-hydrogen) atoms. The monoisotopic (exact) mass is 404 g/mol. The summed E-state index contributed by atoms with van der Waals surface area (Å²) in [7, 11) is 0. The van der Waals surface area contributed by atoms with Crippen molar-refractivity contribution < 1.29 is 9.53 Å². The largest absolute Gasteiger partial charge is 0.489 e. The van der Waals surface area contributed by atoms with Gasteiger partial charge < -0.3 is 4.74 Å². The molecule has 0 radical (unpaired) electrons. The highest BCUT2D eigenvalue weighted by molar-refractivity contribution is 5.91. The molecule has 0 fully saturated rings. The second-order valence-corrected chi connectivity index (χ2v) is 9.23. The van der Waals surface area contributed by atoms with Crippen molar-refractivity contribution in [3.63, 3.8) is 0 Å². The van der Waals surface area contributed by atoms with Crippen molar-refractivity contribution in [3.8, 4) is 5.75 Å². The first-order chi connectivity index (χ1) is 14.5. The van der Waals surface area contributed by atoms with Crippen LogP contribution in [-0.4, -0.2) is 5.78 Å². The normalized spacial score (nSPS) is 16.6. The van der Waals surface area contributed by atoms with Crippen LogP contribution in [0.1, 0.15) is 88.3 Å². The van der Waals surface area contributed by atoms with Crippen LogP contribution in [0.25, 0.3) is 0 Å². The zero-order valence-corrected chi connectivity index (χ0v) is 18.8. The van der Waals surface area contributed by atoms with Gasteiger partial charge in [-0.05, 0) is 53.0 Å². The van der Waals surface area contributed by atoms with Gasteiger partial charge in [0.1, 0.15) is 12.4 Å². The molecule has 2 aromatic rings. The van der Waals surface area contributed by atoms with Gasteiger partial charge in [0.15, 0.2) is 5.78 Å². The SMILES string of the molecule is CCCCCCC(C)(C)c1ccc(C2CC=CC(=O)C2)c(OCc2ccccc2)c1. The van der Waals surface area contributed by atoms with E-state index >= 15 is 0 Å². The van der Waals surface area contributed by atoms with E-state index in [1.54, 1.807) is 6.08 Å². The van der Waals surface area contributed by atoms with Gasteiger partial charge in [0.05, 0.1) is 0 Å². The third-order valence-electron chi connectivity index (χ3n) is 6.30. The molecule has 1 aliphatic carbocycles. The number of unbranched alkanes of at least 4 members (excludes halogenated alkanes) is 3. The quantitative estimate of drug-likeness (QED) is 0.383. The van der Waals surface area contributed by atoms with Gasteiger partial charge >= 0.3 is 0 Å². The van der Waals surface area contributed by atoms with Crippen molar-refractivity contribution in [1.29, 1.82) is 0 Å². The maximum atomic E-state index is 12.0. The Hall–Kier alpha value is -2.35. The predicted octanol–water partition coefficient (Wildman–Crippen LogP) is 7.52. The van der Waals surface area contributed by atoms with Gasteiger partial charge in [-0.3, -0.25) is 4.79 Å². The number of hydrogen-bond donors (Lipinski definition) is 0. The van der Waals surface area contributed by atoms with Crippen molar-refractivity contribution >= 4 is 5.78 Å². The van der Waals surface area contributed by atoms with E-state index in [4.69, 9.17) is 4.74 Å². The molecule has 0 saturated carbocycles. The smallest absolute Gasteiger partial charge is 0.155 e. The average Bonchev–Trinajstić information content (AvgIpc) is 2.76. The predicted molar refractivity (Wildman–Crippen MR) is 125 cm³/mol. The molecule has 160 valence electrons. The summed E-state index contributed by atoms with van der Waals surface area (Å²) in [6.07, 6.45) is 11.5. The number of ketones is 1. The Morgan fingerprint density at radius 1 is 1.03 bits per heavy atom. The van der Waals surface area contributed by atoms with E-state index in [1.807, 2.05) is 24.3 Å². The summed E-state index contributed by atoms with van der Waals surface area (Å²) in [6, 6.07) is 17.0. The van der Waals surface area contributed by atoms with Gasteiger partial charge in [-0.15, -0.1) is 0 Å². The second kappa shape index (κ2) is 10.6. The first kappa shape index (κ1) is 22.3. The lowest BCUT2D eigenvalue weighted by Crippen LogP contribution is -2.18. The molecule has 0 saturated heterocycles. The maximum Gasteiger partial charge on any atom is 0.155 e. The van der Waals surface area contributed by atoms with Crippen molar-refractivity contribution in [1.82, 2.24) is 0 Å². The molecule has 0 aliphatic heterocycles. The molecule has 3 rings (SSSR count). The molecule has 0 spiro atoms. The average molecular weight is 405 g/mol. The van der Waals surface area contributed by atoms with Gasteiger partial charge in [0, 0.05) is 6.42 Å². The third-order valence-corrected chi connectivity index (χ3v) is 6.30. The van der Waals surface area contributed by atoms with Crippen LogP contribution >= 0.6 is 0 Å². The molecular formula is C28H36O2. The summed E-state index contributed by atoms with van der Waals surface area (Å²) in [5.74, 6) is 1.35. The molecular weight excluding hydrogens is 368 g/mol. The van der Waals surface area contributed by atoms with E-state index in [9.17, 15) is 4.79 Å². The summed E-state index contributed by atoms with van der Waals surface area (Å²) >= 11 is 0. The molecule has 2 nitrogen and oxygen atoms in total. The molecule has 0 aromatic heterocycles. The number of ether oxygens (including phenoxy) is 1. The van der Waals surface area contributed by atoms with Crippen molar-refractivity contribution in [2.45, 2.75) is 83.7 Å². The molecule has 0 amide bonds. The van der Waals surface area contributed by atoms with E-state index in [-0.39, 0.29) is 17.1 Å². The molecule has 2 heteroatoms. The minimum absolute atomic E-state index is 0.111. The van der Waals surface area contributed by atoms with Gasteiger partial charge in [0.2, 0.25) is 0 Å². The standard InChI is InChI=1S/C28H36O2/c1-4-5-6-10-18-28(2,3)24-16-17-26(23-14-11-15-25(29)19-23)27(20-24)30-21-22-12-8-7-9-13-22/h7-9,11-13,15-17,20,23H,4-6,10,14,18-19,21H2,1-3H3. The lowest BCUT2D eigenvalue weighted by atomic mass is 9.78. The maximum absolute atomic E-state index is 12.0. The number of allylic oxidation sites excluding steroid dienone is 2. The highest BCUT2D eigenvalue weighted by Gasteiger charge is 2.25. The molecule has 1 aliphatic rings. The van der Waals surface area contributed by atoms with Gasteiger partial charge in [0.25, 0.3) is 0 Å². The number of carbonyl (C=O) groups excluding carboxylic acids is 1. The van der Waals surface area contributed by atoms with Crippen LogP contribution in [-0.2, 0) is 16.8 Å². The van der Waals surface area contributed by atoms with Crippen LogP contribution in [0.2, 0.25) is 0 Å². The van der Waals surface area contributed by atoms with Crippen LogP contribution in [0.15, 0.2) is 60.7 Å². The lowest BCUT2D eigenvalue weighted by Gasteiger charge is -2.28. The van der Waals surface area contributed by atoms with Gasteiger partial charge in [-0.1, -0.05) is 95.0 Å². The van der Waals surface area contributed by atoms with E-state index in [0.29, 0.717) is 13.0 Å². The minimum Gasteiger partial charge on any atom is -0.489 e. The first-order valence-electron chi connectivity index (χ1n) is 11.5. The van der Waals surface area contributed by atoms with E-state index in [0.717, 1.165) is 23.3 Å². The Balaban J connectivity index is 1.83. The Morgan fingerprint density at radius 3 is 2.57 bits per heavy atom. The first-order valence-corrected chi connectivity index (χ1v) is 11.5. The van der Waals surface area contributed by atoms with Crippen LogP contribution in [0.3, 0.4) is 0 Å². The fraction of sp³-hybridized carbons (Fsp3) is 0.464. The van der Waals surface area contributed by atoms with E-state index in [2.05, 4.69) is 51.1 Å². The van der Waals surface area contributed by atoms with E-state index in [1.165, 1.54) is 37.7 Å². The lowest BCUT2D eigenvalue weighted by molar-refractivity contribution is -0.115. The summed E-state index contributed by atoms with van der Waals surface area (Å²) in [5, 5.41) is 0. The van der Waals surface area contributed by atoms with Crippen LogP contribution in [0.4, 0.5) is 0 Å². The molecule has 1 atom stereocenters. The molecule has 1 unspecified atom stereocenters. The highest BCUT2D eigenvalue weighted by atomic mass is 16.5. The fourth-order valence-electron chi connectivity index (χ4n) is 4.29. The molecule has 0 heterocycles. The minimum atomic E-state index is 0.111. The van der Waals surface area contributed by atoms with Crippen LogP contribution in [0.5, 0.6) is 5.75 Å². The van der Waals surface area contributed by atoms with Gasteiger partial charge in [-0.25, -0.2) is 0 Å². The number of benzene rings is 2. The molecule has 0 bridgehead atoms. The van der Waals surface area contributed by atoms with Crippen molar-refractivity contribution in [2.75, 3.05) is 0 Å². The second-order valence-electron chi connectivity index (χ2n) is 9.23. The summed E-state index contributed by atoms with van der Waals surface area (Å²) < 4.78 is 6.36. The summed E-state index contributed by atoms with van der Waals surface area (Å²) in [4.78, 5) is 12.0. The van der Waals surface area contributed by atoms with Crippen molar-refractivity contribution in [3.05, 3.63) is 77.4 Å². The van der Waals surface area contributed by atoms with Crippen LogP contribution < -0.4 is 4.74 Å². The van der Waals surface area contributed by atoms with Gasteiger partial charge in [-0.2, -0.15) is 0 Å². The van der Waals surface area contributed by atoms with Crippen LogP contribution in [0, 0.1) is 0 Å². The summed E-state index contributed by atoms with van der Waals surface area (Å²) in [5.41, 5.74) is 3.75. The molecule has 2 aromatic carbocycles. The zero-order valence-electron chi connectivity index (χ0n) is 18.8. The van der Waals surface area contributed by atoms with Crippen molar-refractivity contribution in [2.24, 2.45) is 0 Å². The fourth-order valence-corrected chi connectivity index (χ4v) is 4.29. The number of rotatable bonds is 10. The number of hydrogen-bond acceptors (Lipinski definition) is 2. The van der Waals surface area contributed by atoms with E-state index < -0.39 is 0 Å². The highest BCUT2D eigenvalue weighted by Crippen LogP contribution is 2.39. The number of carbonyl (C=O) groups is 1. The Kier molecular flexibility index (Phi) is 7.90. The molecule has 0 N–H and O–H groups in total. The summed E-state index contributed by atoms with van der Waals surface area (Å²) in [6.45, 7) is 7.47. The third kappa shape index (κ3) is 6.08. The Bertz CT molecular complexity index is 848. The Labute approximate surface area is 182 Å².